The summed E-state index contributed by atoms with van der Waals surface area (Å²) in [6, 6.07) is 0. The molecule has 22 heavy (non-hydrogen) atoms. The minimum atomic E-state index is -0.188. The molecule has 1 aromatic heterocycles. The second-order valence-corrected chi connectivity index (χ2v) is 7.79. The molecule has 1 unspecified atom stereocenters. The van der Waals surface area contributed by atoms with Gasteiger partial charge in [0, 0.05) is 18.7 Å². The summed E-state index contributed by atoms with van der Waals surface area (Å²) in [6.07, 6.45) is 4.50. The summed E-state index contributed by atoms with van der Waals surface area (Å²) in [7, 11) is 0. The van der Waals surface area contributed by atoms with Gasteiger partial charge in [-0.1, -0.05) is 20.8 Å². The summed E-state index contributed by atoms with van der Waals surface area (Å²) >= 11 is 0. The molecule has 1 fully saturated rings. The predicted octanol–water partition coefficient (Wildman–Crippen LogP) is 2.58. The molecule has 0 spiro atoms. The van der Waals surface area contributed by atoms with Crippen LogP contribution in [-0.2, 0) is 17.6 Å². The van der Waals surface area contributed by atoms with Crippen molar-refractivity contribution in [1.82, 2.24) is 9.97 Å². The van der Waals surface area contributed by atoms with Gasteiger partial charge in [-0.05, 0) is 38.0 Å². The van der Waals surface area contributed by atoms with E-state index >= 15 is 0 Å². The molecular formula is C17H28N4O. The maximum absolute atomic E-state index is 6.14. The van der Waals surface area contributed by atoms with E-state index in [1.807, 2.05) is 0 Å². The number of nitrogen functional groups attached to an aromatic ring is 1. The van der Waals surface area contributed by atoms with E-state index in [-0.39, 0.29) is 11.0 Å². The van der Waals surface area contributed by atoms with Crippen LogP contribution in [0.15, 0.2) is 0 Å². The predicted molar refractivity (Wildman–Crippen MR) is 89.1 cm³/mol. The highest BCUT2D eigenvalue weighted by Crippen LogP contribution is 2.38. The largest absolute Gasteiger partial charge is 0.371 e. The highest BCUT2D eigenvalue weighted by atomic mass is 16.5. The van der Waals surface area contributed by atoms with Gasteiger partial charge < -0.3 is 15.4 Å². The number of hydrogen-bond donors (Lipinski definition) is 1. The summed E-state index contributed by atoms with van der Waals surface area (Å²) < 4.78 is 6.14. The maximum atomic E-state index is 6.14. The number of nitrogens with zero attached hydrogens (tertiary/aromatic N) is 3. The van der Waals surface area contributed by atoms with E-state index in [0.29, 0.717) is 5.95 Å². The number of fused-ring (bicyclic) bond motifs is 1. The second kappa shape index (κ2) is 5.37. The first-order valence-corrected chi connectivity index (χ1v) is 8.34. The fraction of sp³-hybridized carbons (Fsp3) is 0.765. The van der Waals surface area contributed by atoms with E-state index in [9.17, 15) is 0 Å². The molecule has 0 bridgehead atoms. The van der Waals surface area contributed by atoms with Crippen LogP contribution in [0.5, 0.6) is 0 Å². The Kier molecular flexibility index (Phi) is 3.79. The summed E-state index contributed by atoms with van der Waals surface area (Å²) in [4.78, 5) is 11.4. The molecule has 0 aromatic carbocycles. The molecule has 1 aliphatic heterocycles. The molecule has 1 aliphatic carbocycles. The molecule has 0 radical (unpaired) electrons. The molecule has 1 atom stereocenters. The molecule has 0 saturated carbocycles. The Hall–Kier alpha value is -1.36. The van der Waals surface area contributed by atoms with Crippen molar-refractivity contribution in [3.05, 3.63) is 11.3 Å². The van der Waals surface area contributed by atoms with Crippen molar-refractivity contribution < 1.29 is 4.74 Å². The zero-order chi connectivity index (χ0) is 16.0. The van der Waals surface area contributed by atoms with E-state index in [1.165, 1.54) is 18.4 Å². The van der Waals surface area contributed by atoms with Gasteiger partial charge in [-0.2, -0.15) is 4.98 Å². The highest BCUT2D eigenvalue weighted by molar-refractivity contribution is 5.53. The van der Waals surface area contributed by atoms with Crippen LogP contribution < -0.4 is 10.6 Å². The molecule has 122 valence electrons. The Morgan fingerprint density at radius 3 is 2.64 bits per heavy atom. The zero-order valence-corrected chi connectivity index (χ0v) is 14.3. The van der Waals surface area contributed by atoms with Crippen molar-refractivity contribution in [1.29, 1.82) is 0 Å². The fourth-order valence-corrected chi connectivity index (χ4v) is 3.36. The highest BCUT2D eigenvalue weighted by Gasteiger charge is 2.43. The zero-order valence-electron chi connectivity index (χ0n) is 14.3. The van der Waals surface area contributed by atoms with Crippen molar-refractivity contribution >= 4 is 11.8 Å². The molecular weight excluding hydrogens is 276 g/mol. The van der Waals surface area contributed by atoms with Crippen LogP contribution in [0.25, 0.3) is 0 Å². The standard InChI is InChI=1S/C17H28N4O/c1-16(2,3)17(4)11-21(9-10-22-17)14-12-7-5-6-8-13(12)19-15(18)20-14/h5-11H2,1-4H3,(H2,18,19,20). The number of morpholine rings is 1. The van der Waals surface area contributed by atoms with Gasteiger partial charge in [-0.25, -0.2) is 4.98 Å². The third-order valence-corrected chi connectivity index (χ3v) is 5.34. The SMILES string of the molecule is CC(C)(C)C1(C)CN(c2nc(N)nc3c2CCCC3)CCO1. The third kappa shape index (κ3) is 2.67. The lowest BCUT2D eigenvalue weighted by atomic mass is 9.76. The van der Waals surface area contributed by atoms with Crippen molar-refractivity contribution in [2.45, 2.75) is 59.0 Å². The Morgan fingerprint density at radius 2 is 1.91 bits per heavy atom. The van der Waals surface area contributed by atoms with Gasteiger partial charge >= 0.3 is 0 Å². The summed E-state index contributed by atoms with van der Waals surface area (Å²) in [5, 5.41) is 0. The Balaban J connectivity index is 1.96. The fourth-order valence-electron chi connectivity index (χ4n) is 3.36. The molecule has 2 N–H and O–H groups in total. The molecule has 5 heteroatoms. The molecule has 0 amide bonds. The van der Waals surface area contributed by atoms with Crippen LogP contribution in [0.2, 0.25) is 0 Å². The molecule has 1 aromatic rings. The third-order valence-electron chi connectivity index (χ3n) is 5.34. The first-order valence-electron chi connectivity index (χ1n) is 8.34. The number of hydrogen-bond acceptors (Lipinski definition) is 5. The van der Waals surface area contributed by atoms with Crippen LogP contribution in [0.1, 0.15) is 51.8 Å². The van der Waals surface area contributed by atoms with Gasteiger partial charge in [-0.3, -0.25) is 0 Å². The van der Waals surface area contributed by atoms with E-state index in [2.05, 4.69) is 42.6 Å². The van der Waals surface area contributed by atoms with Crippen LogP contribution in [-0.4, -0.2) is 35.3 Å². The quantitative estimate of drug-likeness (QED) is 0.864. The minimum absolute atomic E-state index is 0.0737. The first-order chi connectivity index (χ1) is 10.3. The van der Waals surface area contributed by atoms with E-state index < -0.39 is 0 Å². The molecule has 3 rings (SSSR count). The maximum Gasteiger partial charge on any atom is 0.222 e. The molecule has 5 nitrogen and oxygen atoms in total. The minimum Gasteiger partial charge on any atom is -0.371 e. The molecule has 2 heterocycles. The number of aromatic nitrogens is 2. The second-order valence-electron chi connectivity index (χ2n) is 7.79. The monoisotopic (exact) mass is 304 g/mol. The average molecular weight is 304 g/mol. The lowest BCUT2D eigenvalue weighted by molar-refractivity contribution is -0.111. The average Bonchev–Trinajstić information content (AvgIpc) is 2.45. The first kappa shape index (κ1) is 15.5. The smallest absolute Gasteiger partial charge is 0.222 e. The van der Waals surface area contributed by atoms with Crippen molar-refractivity contribution in [2.24, 2.45) is 5.41 Å². The Labute approximate surface area is 133 Å². The number of nitrogens with two attached hydrogens (primary N) is 1. The number of rotatable bonds is 1. The molecule has 1 saturated heterocycles. The van der Waals surface area contributed by atoms with Crippen LogP contribution in [0, 0.1) is 5.41 Å². The number of aryl methyl sites for hydroxylation is 1. The van der Waals surface area contributed by atoms with Gasteiger partial charge in [-0.15, -0.1) is 0 Å². The van der Waals surface area contributed by atoms with E-state index in [4.69, 9.17) is 10.5 Å². The lowest BCUT2D eigenvalue weighted by Crippen LogP contribution is -2.57. The molecule has 2 aliphatic rings. The van der Waals surface area contributed by atoms with Gasteiger partial charge in [0.2, 0.25) is 5.95 Å². The topological polar surface area (TPSA) is 64.3 Å². The van der Waals surface area contributed by atoms with Crippen LogP contribution >= 0.6 is 0 Å². The van der Waals surface area contributed by atoms with Gasteiger partial charge in [0.15, 0.2) is 0 Å². The summed E-state index contributed by atoms with van der Waals surface area (Å²) in [5.74, 6) is 1.44. The number of ether oxygens (including phenoxy) is 1. The van der Waals surface area contributed by atoms with Crippen molar-refractivity contribution in [2.75, 3.05) is 30.3 Å². The van der Waals surface area contributed by atoms with Gasteiger partial charge in [0.1, 0.15) is 5.82 Å². The van der Waals surface area contributed by atoms with Gasteiger partial charge in [0.25, 0.3) is 0 Å². The summed E-state index contributed by atoms with van der Waals surface area (Å²) in [6.45, 7) is 11.4. The van der Waals surface area contributed by atoms with Crippen molar-refractivity contribution in [3.8, 4) is 0 Å². The summed E-state index contributed by atoms with van der Waals surface area (Å²) in [5.41, 5.74) is 8.30. The van der Waals surface area contributed by atoms with Crippen LogP contribution in [0.3, 0.4) is 0 Å². The number of anilines is 2. The Morgan fingerprint density at radius 1 is 1.18 bits per heavy atom. The van der Waals surface area contributed by atoms with Crippen molar-refractivity contribution in [3.63, 3.8) is 0 Å². The van der Waals surface area contributed by atoms with E-state index in [1.54, 1.807) is 0 Å². The Bertz CT molecular complexity index is 567. The lowest BCUT2D eigenvalue weighted by Gasteiger charge is -2.49. The normalized spacial score (nSPS) is 25.9. The van der Waals surface area contributed by atoms with Crippen LogP contribution in [0.4, 0.5) is 11.8 Å². The van der Waals surface area contributed by atoms with Gasteiger partial charge in [0.05, 0.1) is 17.9 Å². The van der Waals surface area contributed by atoms with E-state index in [0.717, 1.165) is 44.0 Å².